The van der Waals surface area contributed by atoms with Crippen LogP contribution < -0.4 is 11.1 Å². The van der Waals surface area contributed by atoms with Crippen LogP contribution in [0, 0.1) is 5.82 Å². The van der Waals surface area contributed by atoms with E-state index in [-0.39, 0.29) is 23.9 Å². The van der Waals surface area contributed by atoms with E-state index in [2.05, 4.69) is 5.32 Å². The second-order valence-corrected chi connectivity index (χ2v) is 4.73. The van der Waals surface area contributed by atoms with E-state index >= 15 is 0 Å². The summed E-state index contributed by atoms with van der Waals surface area (Å²) in [5.74, 6) is -0.360. The summed E-state index contributed by atoms with van der Waals surface area (Å²) in [6.07, 6.45) is 1.77. The maximum absolute atomic E-state index is 13.0. The van der Waals surface area contributed by atoms with Crippen molar-refractivity contribution in [1.29, 1.82) is 0 Å². The van der Waals surface area contributed by atoms with Gasteiger partial charge in [0.15, 0.2) is 0 Å². The van der Waals surface area contributed by atoms with Crippen LogP contribution in [0.5, 0.6) is 0 Å². The first-order chi connectivity index (χ1) is 9.19. The lowest BCUT2D eigenvalue weighted by Gasteiger charge is -2.12. The lowest BCUT2D eigenvalue weighted by Crippen LogP contribution is -2.36. The number of hydrogen-bond donors (Lipinski definition) is 2. The van der Waals surface area contributed by atoms with Gasteiger partial charge in [0.25, 0.3) is 0 Å². The summed E-state index contributed by atoms with van der Waals surface area (Å²) in [7, 11) is 0. The molecule has 0 radical (unpaired) electrons. The molecule has 1 fully saturated rings. The van der Waals surface area contributed by atoms with Gasteiger partial charge in [-0.1, -0.05) is 12.1 Å². The van der Waals surface area contributed by atoms with Crippen molar-refractivity contribution in [2.75, 3.05) is 13.1 Å². The van der Waals surface area contributed by atoms with E-state index in [4.69, 9.17) is 10.5 Å². The van der Waals surface area contributed by atoms with Crippen LogP contribution >= 0.6 is 0 Å². The monoisotopic (exact) mass is 266 g/mol. The third kappa shape index (κ3) is 4.01. The molecule has 19 heavy (non-hydrogen) atoms. The number of nitrogens with two attached hydrogens (primary N) is 1. The van der Waals surface area contributed by atoms with Crippen LogP contribution in [0.25, 0.3) is 0 Å². The largest absolute Gasteiger partial charge is 0.364 e. The minimum atomic E-state index is -0.388. The number of benzene rings is 1. The molecule has 0 aliphatic carbocycles. The Hall–Kier alpha value is -1.46. The molecule has 1 amide bonds. The Morgan fingerprint density at radius 3 is 3.00 bits per heavy atom. The Kier molecular flexibility index (Phi) is 4.87. The number of nitrogens with one attached hydrogen (secondary N) is 1. The Labute approximate surface area is 112 Å². The van der Waals surface area contributed by atoms with E-state index in [1.807, 2.05) is 6.07 Å². The first kappa shape index (κ1) is 14.0. The van der Waals surface area contributed by atoms with Crippen LogP contribution in [0.3, 0.4) is 0 Å². The summed E-state index contributed by atoms with van der Waals surface area (Å²) in [6, 6.07) is 6.38. The van der Waals surface area contributed by atoms with Crippen LogP contribution in [-0.4, -0.2) is 31.2 Å². The van der Waals surface area contributed by atoms with Crippen molar-refractivity contribution < 1.29 is 13.9 Å². The molecule has 1 aliphatic rings. The number of rotatable bonds is 5. The summed E-state index contributed by atoms with van der Waals surface area (Å²) in [4.78, 5) is 11.8. The third-order valence-electron chi connectivity index (χ3n) is 3.26. The standard InChI is InChI=1S/C14H19FN2O2/c15-11-3-1-2-10(8-11)6-7-17-14(18)13-5-4-12(9-16)19-13/h1-3,8,12-13H,4-7,9,16H2,(H,17,18)/t12-,13+/m1/s1. The van der Waals surface area contributed by atoms with Gasteiger partial charge in [-0.3, -0.25) is 4.79 Å². The van der Waals surface area contributed by atoms with Gasteiger partial charge in [-0.05, 0) is 37.0 Å². The molecule has 1 aliphatic heterocycles. The van der Waals surface area contributed by atoms with E-state index in [1.165, 1.54) is 12.1 Å². The molecular weight excluding hydrogens is 247 g/mol. The predicted molar refractivity (Wildman–Crippen MR) is 70.1 cm³/mol. The molecule has 1 saturated heterocycles. The molecule has 2 atom stereocenters. The van der Waals surface area contributed by atoms with Crippen LogP contribution in [0.1, 0.15) is 18.4 Å². The van der Waals surface area contributed by atoms with Crippen LogP contribution in [0.4, 0.5) is 4.39 Å². The van der Waals surface area contributed by atoms with Crippen LogP contribution in [0.15, 0.2) is 24.3 Å². The van der Waals surface area contributed by atoms with Crippen molar-refractivity contribution in [2.24, 2.45) is 5.73 Å². The van der Waals surface area contributed by atoms with Gasteiger partial charge < -0.3 is 15.8 Å². The minimum absolute atomic E-state index is 0.000954. The lowest BCUT2D eigenvalue weighted by molar-refractivity contribution is -0.131. The van der Waals surface area contributed by atoms with E-state index < -0.39 is 0 Å². The van der Waals surface area contributed by atoms with Crippen molar-refractivity contribution in [3.63, 3.8) is 0 Å². The summed E-state index contributed by atoms with van der Waals surface area (Å²) in [5, 5.41) is 2.81. The maximum Gasteiger partial charge on any atom is 0.249 e. The Balaban J connectivity index is 1.72. The van der Waals surface area contributed by atoms with Gasteiger partial charge in [0.05, 0.1) is 6.10 Å². The quantitative estimate of drug-likeness (QED) is 0.835. The number of hydrogen-bond acceptors (Lipinski definition) is 3. The highest BCUT2D eigenvalue weighted by Gasteiger charge is 2.29. The molecular formula is C14H19FN2O2. The lowest BCUT2D eigenvalue weighted by atomic mass is 10.1. The van der Waals surface area contributed by atoms with Gasteiger partial charge in [0.2, 0.25) is 5.91 Å². The SMILES string of the molecule is NC[C@H]1CC[C@@H](C(=O)NCCc2cccc(F)c2)O1. The smallest absolute Gasteiger partial charge is 0.249 e. The Morgan fingerprint density at radius 2 is 2.32 bits per heavy atom. The van der Waals surface area contributed by atoms with Crippen molar-refractivity contribution in [1.82, 2.24) is 5.32 Å². The van der Waals surface area contributed by atoms with Gasteiger partial charge in [-0.2, -0.15) is 0 Å². The normalized spacial score (nSPS) is 22.4. The van der Waals surface area contributed by atoms with Crippen molar-refractivity contribution in [3.05, 3.63) is 35.6 Å². The zero-order valence-corrected chi connectivity index (χ0v) is 10.8. The fourth-order valence-electron chi connectivity index (χ4n) is 2.21. The Morgan fingerprint density at radius 1 is 1.47 bits per heavy atom. The molecule has 1 heterocycles. The van der Waals surface area contributed by atoms with Gasteiger partial charge in [0, 0.05) is 13.1 Å². The van der Waals surface area contributed by atoms with Crippen molar-refractivity contribution in [2.45, 2.75) is 31.5 Å². The molecule has 0 aromatic heterocycles. The average Bonchev–Trinajstić information content (AvgIpc) is 2.87. The number of carbonyl (C=O) groups excluding carboxylic acids is 1. The second-order valence-electron chi connectivity index (χ2n) is 4.73. The van der Waals surface area contributed by atoms with E-state index in [0.29, 0.717) is 25.9 Å². The topological polar surface area (TPSA) is 64.4 Å². The van der Waals surface area contributed by atoms with Gasteiger partial charge >= 0.3 is 0 Å². The van der Waals surface area contributed by atoms with E-state index in [9.17, 15) is 9.18 Å². The first-order valence-electron chi connectivity index (χ1n) is 6.56. The Bertz CT molecular complexity index is 439. The number of halogens is 1. The summed E-state index contributed by atoms with van der Waals surface area (Å²) >= 11 is 0. The molecule has 1 aromatic carbocycles. The van der Waals surface area contributed by atoms with Crippen LogP contribution in [0.2, 0.25) is 0 Å². The van der Waals surface area contributed by atoms with Gasteiger partial charge in [-0.15, -0.1) is 0 Å². The van der Waals surface area contributed by atoms with Gasteiger partial charge in [0.1, 0.15) is 11.9 Å². The second kappa shape index (κ2) is 6.63. The summed E-state index contributed by atoms with van der Waals surface area (Å²) < 4.78 is 18.5. The average molecular weight is 266 g/mol. The molecule has 0 spiro atoms. The summed E-state index contributed by atoms with van der Waals surface area (Å²) in [6.45, 7) is 0.933. The van der Waals surface area contributed by atoms with Crippen LogP contribution in [-0.2, 0) is 16.0 Å². The predicted octanol–water partition coefficient (Wildman–Crippen LogP) is 0.991. The molecule has 0 unspecified atom stereocenters. The highest BCUT2D eigenvalue weighted by Crippen LogP contribution is 2.18. The van der Waals surface area contributed by atoms with Gasteiger partial charge in [-0.25, -0.2) is 4.39 Å². The summed E-state index contributed by atoms with van der Waals surface area (Å²) in [5.41, 5.74) is 6.36. The molecule has 0 saturated carbocycles. The fourth-order valence-corrected chi connectivity index (χ4v) is 2.21. The van der Waals surface area contributed by atoms with Crippen molar-refractivity contribution in [3.8, 4) is 0 Å². The number of carbonyl (C=O) groups is 1. The molecule has 5 heteroatoms. The zero-order chi connectivity index (χ0) is 13.7. The highest BCUT2D eigenvalue weighted by atomic mass is 19.1. The first-order valence-corrected chi connectivity index (χ1v) is 6.56. The third-order valence-corrected chi connectivity index (χ3v) is 3.26. The highest BCUT2D eigenvalue weighted by molar-refractivity contribution is 5.81. The fraction of sp³-hybridized carbons (Fsp3) is 0.500. The molecule has 1 aromatic rings. The molecule has 104 valence electrons. The zero-order valence-electron chi connectivity index (χ0n) is 10.8. The van der Waals surface area contributed by atoms with E-state index in [0.717, 1.165) is 12.0 Å². The van der Waals surface area contributed by atoms with E-state index in [1.54, 1.807) is 6.07 Å². The van der Waals surface area contributed by atoms with Crippen molar-refractivity contribution >= 4 is 5.91 Å². The molecule has 4 nitrogen and oxygen atoms in total. The maximum atomic E-state index is 13.0. The number of ether oxygens (including phenoxy) is 1. The molecule has 0 bridgehead atoms. The molecule has 2 rings (SSSR count). The number of amides is 1. The molecule has 3 N–H and O–H groups in total. The minimum Gasteiger partial charge on any atom is -0.364 e.